The molecule has 29 heavy (non-hydrogen) atoms. The van der Waals surface area contributed by atoms with Crippen LogP contribution >= 0.6 is 34.5 Å². The average Bonchev–Trinajstić information content (AvgIpc) is 3.12. The van der Waals surface area contributed by atoms with Crippen molar-refractivity contribution in [2.75, 3.05) is 11.9 Å². The van der Waals surface area contributed by atoms with Gasteiger partial charge in [-0.25, -0.2) is 0 Å². The maximum Gasteiger partial charge on any atom is 0.310 e. The number of thiophene rings is 1. The molecule has 0 saturated carbocycles. The van der Waals surface area contributed by atoms with Gasteiger partial charge in [-0.15, -0.1) is 11.3 Å². The van der Waals surface area contributed by atoms with Crippen molar-refractivity contribution < 1.29 is 19.1 Å². The molecule has 0 unspecified atom stereocenters. The molecule has 1 heterocycles. The minimum Gasteiger partial charge on any atom is -0.466 e. The molecule has 3 aromatic rings. The molecule has 0 bridgehead atoms. The molecule has 3 rings (SSSR count). The first kappa shape index (κ1) is 21.2. The Bertz CT molecular complexity index is 1020. The van der Waals surface area contributed by atoms with Crippen LogP contribution in [0.5, 0.6) is 11.5 Å². The predicted octanol–water partition coefficient (Wildman–Crippen LogP) is 6.21. The minimum atomic E-state index is -0.306. The summed E-state index contributed by atoms with van der Waals surface area (Å²) in [6.45, 7) is 2.10. The highest BCUT2D eigenvalue weighted by Gasteiger charge is 2.11. The van der Waals surface area contributed by atoms with Crippen molar-refractivity contribution >= 4 is 52.1 Å². The molecule has 0 radical (unpaired) electrons. The molecule has 1 N–H and O–H groups in total. The maximum atomic E-state index is 12.2. The molecule has 0 saturated heterocycles. The number of carbonyl (C=O) groups excluding carboxylic acids is 2. The van der Waals surface area contributed by atoms with Crippen molar-refractivity contribution in [3.63, 3.8) is 0 Å². The quantitative estimate of drug-likeness (QED) is 0.435. The number of ether oxygens (including phenoxy) is 2. The van der Waals surface area contributed by atoms with Crippen LogP contribution in [0.1, 0.15) is 22.2 Å². The Morgan fingerprint density at radius 3 is 2.41 bits per heavy atom. The number of carbonyl (C=O) groups is 2. The molecule has 8 heteroatoms. The monoisotopic (exact) mass is 449 g/mol. The van der Waals surface area contributed by atoms with Crippen molar-refractivity contribution in [3.05, 3.63) is 74.4 Å². The van der Waals surface area contributed by atoms with Gasteiger partial charge in [-0.2, -0.15) is 0 Å². The molecule has 150 valence electrons. The van der Waals surface area contributed by atoms with Gasteiger partial charge in [-0.05, 0) is 61.0 Å². The van der Waals surface area contributed by atoms with Crippen molar-refractivity contribution in [2.45, 2.75) is 13.3 Å². The highest BCUT2D eigenvalue weighted by molar-refractivity contribution is 7.18. The number of halogens is 2. The van der Waals surface area contributed by atoms with Crippen molar-refractivity contribution in [1.82, 2.24) is 0 Å². The molecule has 0 aliphatic carbocycles. The van der Waals surface area contributed by atoms with E-state index in [-0.39, 0.29) is 18.3 Å². The number of hydrogen-bond donors (Lipinski definition) is 1. The number of hydrogen-bond acceptors (Lipinski definition) is 5. The fraction of sp³-hybridized carbons (Fsp3) is 0.143. The molecule has 1 amide bonds. The van der Waals surface area contributed by atoms with Crippen LogP contribution < -0.4 is 10.1 Å². The smallest absolute Gasteiger partial charge is 0.310 e. The Kier molecular flexibility index (Phi) is 7.14. The number of benzene rings is 2. The van der Waals surface area contributed by atoms with E-state index in [0.29, 0.717) is 38.0 Å². The van der Waals surface area contributed by atoms with E-state index in [4.69, 9.17) is 32.7 Å². The molecular formula is C21H17Cl2NO4S. The lowest BCUT2D eigenvalue weighted by Crippen LogP contribution is -2.09. The van der Waals surface area contributed by atoms with Gasteiger partial charge in [0.1, 0.15) is 11.5 Å². The Hall–Kier alpha value is -2.54. The summed E-state index contributed by atoms with van der Waals surface area (Å²) in [6, 6.07) is 15.4. The van der Waals surface area contributed by atoms with Crippen LogP contribution in [-0.2, 0) is 16.0 Å². The van der Waals surface area contributed by atoms with Crippen molar-refractivity contribution in [1.29, 1.82) is 0 Å². The van der Waals surface area contributed by atoms with Gasteiger partial charge in [0.2, 0.25) is 0 Å². The lowest BCUT2D eigenvalue weighted by Gasteiger charge is -2.10. The summed E-state index contributed by atoms with van der Waals surface area (Å²) < 4.78 is 11.3. The topological polar surface area (TPSA) is 64.6 Å². The molecule has 0 aliphatic heterocycles. The Morgan fingerprint density at radius 1 is 1.03 bits per heavy atom. The molecule has 2 aromatic carbocycles. The van der Waals surface area contributed by atoms with Crippen LogP contribution in [0.25, 0.3) is 0 Å². The molecule has 0 aliphatic rings. The van der Waals surface area contributed by atoms with E-state index in [1.54, 1.807) is 61.5 Å². The number of rotatable bonds is 7. The molecule has 0 atom stereocenters. The van der Waals surface area contributed by atoms with Gasteiger partial charge >= 0.3 is 5.97 Å². The normalized spacial score (nSPS) is 10.4. The summed E-state index contributed by atoms with van der Waals surface area (Å²) in [7, 11) is 0. The van der Waals surface area contributed by atoms with Crippen LogP contribution in [0.2, 0.25) is 9.36 Å². The summed E-state index contributed by atoms with van der Waals surface area (Å²) in [6.07, 6.45) is 0.150. The van der Waals surface area contributed by atoms with Crippen LogP contribution in [0.4, 0.5) is 5.69 Å². The van der Waals surface area contributed by atoms with E-state index in [0.717, 1.165) is 5.56 Å². The van der Waals surface area contributed by atoms with E-state index < -0.39 is 0 Å². The Labute approximate surface area is 182 Å². The van der Waals surface area contributed by atoms with E-state index in [2.05, 4.69) is 5.32 Å². The second-order valence-electron chi connectivity index (χ2n) is 5.93. The first-order chi connectivity index (χ1) is 13.9. The average molecular weight is 450 g/mol. The highest BCUT2D eigenvalue weighted by Crippen LogP contribution is 2.31. The zero-order chi connectivity index (χ0) is 20.8. The van der Waals surface area contributed by atoms with Gasteiger partial charge in [0, 0.05) is 5.69 Å². The van der Waals surface area contributed by atoms with E-state index in [1.165, 1.54) is 11.3 Å². The summed E-state index contributed by atoms with van der Waals surface area (Å²) in [5.74, 6) is 0.488. The standard InChI is InChI=1S/C21H17Cl2NO4S/c1-2-27-20(25)12-13-3-8-17(16(22)11-13)28-15-6-4-14(5-7-15)24-21(26)18-9-10-19(23)29-18/h3-11H,2,12H2,1H3,(H,24,26). The third-order valence-electron chi connectivity index (χ3n) is 3.79. The lowest BCUT2D eigenvalue weighted by atomic mass is 10.1. The highest BCUT2D eigenvalue weighted by atomic mass is 35.5. The van der Waals surface area contributed by atoms with Crippen LogP contribution in [-0.4, -0.2) is 18.5 Å². The van der Waals surface area contributed by atoms with Crippen LogP contribution in [0.3, 0.4) is 0 Å². The summed E-state index contributed by atoms with van der Waals surface area (Å²) in [5, 5.41) is 3.19. The van der Waals surface area contributed by atoms with Gasteiger partial charge in [0.25, 0.3) is 5.91 Å². The number of anilines is 1. The number of esters is 1. The van der Waals surface area contributed by atoms with Crippen molar-refractivity contribution in [2.24, 2.45) is 0 Å². The molecule has 0 spiro atoms. The van der Waals surface area contributed by atoms with E-state index in [1.807, 2.05) is 0 Å². The third-order valence-corrected chi connectivity index (χ3v) is 5.31. The number of nitrogens with one attached hydrogen (secondary N) is 1. The van der Waals surface area contributed by atoms with Crippen LogP contribution in [0.15, 0.2) is 54.6 Å². The summed E-state index contributed by atoms with van der Waals surface area (Å²) >= 11 is 13.3. The zero-order valence-electron chi connectivity index (χ0n) is 15.4. The second-order valence-corrected chi connectivity index (χ2v) is 8.05. The van der Waals surface area contributed by atoms with Gasteiger partial charge in [-0.1, -0.05) is 29.3 Å². The minimum absolute atomic E-state index is 0.150. The SMILES string of the molecule is CCOC(=O)Cc1ccc(Oc2ccc(NC(=O)c3ccc(Cl)s3)cc2)c(Cl)c1. The molecule has 5 nitrogen and oxygen atoms in total. The lowest BCUT2D eigenvalue weighted by molar-refractivity contribution is -0.142. The van der Waals surface area contributed by atoms with Crippen LogP contribution in [0, 0.1) is 0 Å². The zero-order valence-corrected chi connectivity index (χ0v) is 17.7. The van der Waals surface area contributed by atoms with Gasteiger partial charge in [0.05, 0.1) is 27.3 Å². The van der Waals surface area contributed by atoms with E-state index >= 15 is 0 Å². The first-order valence-electron chi connectivity index (χ1n) is 8.73. The second kappa shape index (κ2) is 9.78. The fourth-order valence-corrected chi connectivity index (χ4v) is 3.66. The predicted molar refractivity (Wildman–Crippen MR) is 116 cm³/mol. The third kappa shape index (κ3) is 5.97. The van der Waals surface area contributed by atoms with Gasteiger partial charge in [-0.3, -0.25) is 9.59 Å². The number of amides is 1. The molecule has 1 aromatic heterocycles. The Morgan fingerprint density at radius 2 is 1.79 bits per heavy atom. The maximum absolute atomic E-state index is 12.2. The van der Waals surface area contributed by atoms with E-state index in [9.17, 15) is 9.59 Å². The largest absolute Gasteiger partial charge is 0.466 e. The Balaban J connectivity index is 1.62. The van der Waals surface area contributed by atoms with Gasteiger partial charge in [0.15, 0.2) is 0 Å². The fourth-order valence-electron chi connectivity index (χ4n) is 2.48. The summed E-state index contributed by atoms with van der Waals surface area (Å²) in [4.78, 5) is 24.3. The summed E-state index contributed by atoms with van der Waals surface area (Å²) in [5.41, 5.74) is 1.37. The first-order valence-corrected chi connectivity index (χ1v) is 10.3. The van der Waals surface area contributed by atoms with Gasteiger partial charge < -0.3 is 14.8 Å². The molecule has 0 fully saturated rings. The molecular weight excluding hydrogens is 433 g/mol. The van der Waals surface area contributed by atoms with Crippen molar-refractivity contribution in [3.8, 4) is 11.5 Å².